The van der Waals surface area contributed by atoms with Crippen molar-refractivity contribution in [2.75, 3.05) is 19.1 Å². The van der Waals surface area contributed by atoms with Crippen molar-refractivity contribution in [2.45, 2.75) is 19.4 Å². The number of methoxy groups -OCH3 is 2. The molecule has 1 atom stereocenters. The number of amides is 1. The zero-order valence-corrected chi connectivity index (χ0v) is 14.4. The van der Waals surface area contributed by atoms with E-state index in [1.807, 2.05) is 48.5 Å². The van der Waals surface area contributed by atoms with Gasteiger partial charge >= 0.3 is 5.97 Å². The smallest absolute Gasteiger partial charge is 0.306 e. The maximum absolute atomic E-state index is 13.0. The normalized spacial score (nSPS) is 16.3. The third-order valence-electron chi connectivity index (χ3n) is 4.49. The van der Waals surface area contributed by atoms with Gasteiger partial charge in [-0.2, -0.15) is 0 Å². The quantitative estimate of drug-likeness (QED) is 0.786. The number of ether oxygens (including phenoxy) is 2. The molecule has 0 saturated heterocycles. The number of nitrogens with zero attached hydrogens (tertiary/aromatic N) is 1. The molecular weight excluding hydrogens is 318 g/mol. The number of hydrogen-bond acceptors (Lipinski definition) is 4. The molecule has 0 radical (unpaired) electrons. The first-order valence-electron chi connectivity index (χ1n) is 8.21. The van der Waals surface area contributed by atoms with Gasteiger partial charge in [-0.05, 0) is 23.6 Å². The van der Waals surface area contributed by atoms with E-state index in [9.17, 15) is 9.59 Å². The van der Waals surface area contributed by atoms with Gasteiger partial charge in [-0.3, -0.25) is 9.59 Å². The monoisotopic (exact) mass is 339 g/mol. The zero-order valence-electron chi connectivity index (χ0n) is 14.4. The first kappa shape index (κ1) is 17.0. The van der Waals surface area contributed by atoms with Gasteiger partial charge in [0.25, 0.3) is 0 Å². The van der Waals surface area contributed by atoms with Gasteiger partial charge in [-0.25, -0.2) is 0 Å². The van der Waals surface area contributed by atoms with Crippen LogP contribution in [0.2, 0.25) is 0 Å². The highest BCUT2D eigenvalue weighted by molar-refractivity contribution is 5.99. The molecule has 0 spiro atoms. The lowest BCUT2D eigenvalue weighted by atomic mass is 9.89. The van der Waals surface area contributed by atoms with E-state index in [1.165, 1.54) is 7.11 Å². The minimum atomic E-state index is -0.406. The Balaban J connectivity index is 1.97. The molecule has 1 aliphatic rings. The second-order valence-corrected chi connectivity index (χ2v) is 6.09. The van der Waals surface area contributed by atoms with E-state index >= 15 is 0 Å². The molecule has 5 nitrogen and oxygen atoms in total. The van der Waals surface area contributed by atoms with Crippen molar-refractivity contribution >= 4 is 17.6 Å². The topological polar surface area (TPSA) is 55.8 Å². The molecule has 0 bridgehead atoms. The van der Waals surface area contributed by atoms with E-state index < -0.39 is 5.92 Å². The summed E-state index contributed by atoms with van der Waals surface area (Å²) in [6, 6.07) is 15.5. The van der Waals surface area contributed by atoms with Crippen molar-refractivity contribution in [3.05, 3.63) is 59.7 Å². The van der Waals surface area contributed by atoms with Crippen LogP contribution in [0, 0.1) is 5.92 Å². The maximum atomic E-state index is 13.0. The van der Waals surface area contributed by atoms with Gasteiger partial charge in [0.2, 0.25) is 5.91 Å². The van der Waals surface area contributed by atoms with Gasteiger partial charge in [-0.1, -0.05) is 36.4 Å². The van der Waals surface area contributed by atoms with E-state index in [1.54, 1.807) is 12.0 Å². The molecule has 2 aromatic carbocycles. The molecule has 5 heteroatoms. The van der Waals surface area contributed by atoms with E-state index in [0.717, 1.165) is 16.8 Å². The second-order valence-electron chi connectivity index (χ2n) is 6.09. The third-order valence-corrected chi connectivity index (χ3v) is 4.49. The van der Waals surface area contributed by atoms with Crippen molar-refractivity contribution in [3.8, 4) is 5.75 Å². The molecule has 3 rings (SSSR count). The van der Waals surface area contributed by atoms with Crippen LogP contribution in [0.4, 0.5) is 5.69 Å². The summed E-state index contributed by atoms with van der Waals surface area (Å²) in [6.07, 6.45) is 0.616. The van der Waals surface area contributed by atoms with Crippen LogP contribution in [0.1, 0.15) is 17.5 Å². The molecule has 0 fully saturated rings. The van der Waals surface area contributed by atoms with Crippen LogP contribution in [-0.2, 0) is 27.3 Å². The summed E-state index contributed by atoms with van der Waals surface area (Å²) >= 11 is 0. The Morgan fingerprint density at radius 2 is 1.92 bits per heavy atom. The summed E-state index contributed by atoms with van der Waals surface area (Å²) in [5.74, 6) is -0.127. The Hall–Kier alpha value is -2.82. The van der Waals surface area contributed by atoms with Crippen LogP contribution >= 0.6 is 0 Å². The van der Waals surface area contributed by atoms with Crippen LogP contribution < -0.4 is 9.64 Å². The van der Waals surface area contributed by atoms with E-state index in [0.29, 0.717) is 18.7 Å². The lowest BCUT2D eigenvalue weighted by Crippen LogP contribution is -2.41. The second kappa shape index (κ2) is 7.38. The van der Waals surface area contributed by atoms with Crippen LogP contribution in [0.3, 0.4) is 0 Å². The van der Waals surface area contributed by atoms with Gasteiger partial charge in [-0.15, -0.1) is 0 Å². The standard InChI is InChI=1S/C20H21NO4/c1-24-17-9-8-15-10-16(11-19(22)25-2)20(23)21(18(15)12-17)13-14-6-4-3-5-7-14/h3-9,12,16H,10-11,13H2,1-2H3. The predicted molar refractivity (Wildman–Crippen MR) is 94.5 cm³/mol. The van der Waals surface area contributed by atoms with Gasteiger partial charge < -0.3 is 14.4 Å². The fourth-order valence-electron chi connectivity index (χ4n) is 3.16. The summed E-state index contributed by atoms with van der Waals surface area (Å²) in [4.78, 5) is 26.5. The number of benzene rings is 2. The lowest BCUT2D eigenvalue weighted by Gasteiger charge is -2.34. The average Bonchev–Trinajstić information content (AvgIpc) is 2.65. The first-order valence-corrected chi connectivity index (χ1v) is 8.21. The van der Waals surface area contributed by atoms with Crippen molar-refractivity contribution in [1.29, 1.82) is 0 Å². The largest absolute Gasteiger partial charge is 0.497 e. The fraction of sp³-hybridized carbons (Fsp3) is 0.300. The van der Waals surface area contributed by atoms with Crippen molar-refractivity contribution in [2.24, 2.45) is 5.92 Å². The maximum Gasteiger partial charge on any atom is 0.306 e. The Bertz CT molecular complexity index is 773. The highest BCUT2D eigenvalue weighted by Crippen LogP contribution is 2.35. The Morgan fingerprint density at radius 1 is 1.16 bits per heavy atom. The van der Waals surface area contributed by atoms with E-state index in [2.05, 4.69) is 0 Å². The highest BCUT2D eigenvalue weighted by atomic mass is 16.5. The zero-order chi connectivity index (χ0) is 17.8. The molecular formula is C20H21NO4. The third kappa shape index (κ3) is 3.65. The molecule has 0 N–H and O–H groups in total. The number of rotatable bonds is 5. The van der Waals surface area contributed by atoms with Gasteiger partial charge in [0.05, 0.1) is 38.8 Å². The average molecular weight is 339 g/mol. The predicted octanol–water partition coefficient (Wildman–Crippen LogP) is 2.96. The molecule has 130 valence electrons. The first-order chi connectivity index (χ1) is 12.1. The highest BCUT2D eigenvalue weighted by Gasteiger charge is 2.34. The summed E-state index contributed by atoms with van der Waals surface area (Å²) in [7, 11) is 2.95. The van der Waals surface area contributed by atoms with Crippen molar-refractivity contribution < 1.29 is 19.1 Å². The molecule has 1 unspecified atom stereocenters. The van der Waals surface area contributed by atoms with Crippen LogP contribution in [0.25, 0.3) is 0 Å². The summed E-state index contributed by atoms with van der Waals surface area (Å²) in [6.45, 7) is 0.456. The number of carbonyl (C=O) groups excluding carboxylic acids is 2. The number of carbonyl (C=O) groups is 2. The minimum absolute atomic E-state index is 0.0602. The summed E-state index contributed by atoms with van der Waals surface area (Å²) in [5, 5.41) is 0. The Morgan fingerprint density at radius 3 is 2.60 bits per heavy atom. The summed E-state index contributed by atoms with van der Waals surface area (Å²) < 4.78 is 10.1. The van der Waals surface area contributed by atoms with E-state index in [-0.39, 0.29) is 18.3 Å². The fourth-order valence-corrected chi connectivity index (χ4v) is 3.16. The van der Waals surface area contributed by atoms with Crippen LogP contribution in [0.15, 0.2) is 48.5 Å². The number of esters is 1. The molecule has 1 heterocycles. The molecule has 0 aliphatic carbocycles. The molecule has 0 aromatic heterocycles. The Labute approximate surface area is 147 Å². The number of hydrogen-bond donors (Lipinski definition) is 0. The SMILES string of the molecule is COC(=O)CC1Cc2ccc(OC)cc2N(Cc2ccccc2)C1=O. The Kier molecular flexibility index (Phi) is 5.03. The molecule has 25 heavy (non-hydrogen) atoms. The van der Waals surface area contributed by atoms with Crippen molar-refractivity contribution in [1.82, 2.24) is 0 Å². The summed E-state index contributed by atoms with van der Waals surface area (Å²) in [5.41, 5.74) is 2.91. The molecule has 1 aliphatic heterocycles. The van der Waals surface area contributed by atoms with Crippen LogP contribution in [-0.4, -0.2) is 26.1 Å². The number of fused-ring (bicyclic) bond motifs is 1. The molecule has 0 saturated carbocycles. The molecule has 1 amide bonds. The molecule has 2 aromatic rings. The van der Waals surface area contributed by atoms with Crippen LogP contribution in [0.5, 0.6) is 5.75 Å². The minimum Gasteiger partial charge on any atom is -0.497 e. The van der Waals surface area contributed by atoms with Crippen molar-refractivity contribution in [3.63, 3.8) is 0 Å². The van der Waals surface area contributed by atoms with Gasteiger partial charge in [0.1, 0.15) is 5.75 Å². The van der Waals surface area contributed by atoms with Gasteiger partial charge in [0, 0.05) is 6.07 Å². The van der Waals surface area contributed by atoms with E-state index in [4.69, 9.17) is 9.47 Å². The number of anilines is 1. The lowest BCUT2D eigenvalue weighted by molar-refractivity contribution is -0.143. The van der Waals surface area contributed by atoms with Gasteiger partial charge in [0.15, 0.2) is 0 Å².